The molecule has 0 unspecified atom stereocenters. The first kappa shape index (κ1) is 20.5. The van der Waals surface area contributed by atoms with Gasteiger partial charge in [0, 0.05) is 18.9 Å². The van der Waals surface area contributed by atoms with Crippen molar-refractivity contribution >= 4 is 5.71 Å². The molecule has 0 N–H and O–H groups in total. The number of nitrogens with zero attached hydrogens (tertiary/aromatic N) is 1. The van der Waals surface area contributed by atoms with E-state index in [1.165, 1.54) is 0 Å². The van der Waals surface area contributed by atoms with Crippen LogP contribution in [0.25, 0.3) is 0 Å². The predicted molar refractivity (Wildman–Crippen MR) is 97.4 cm³/mol. The molecule has 5 nitrogen and oxygen atoms in total. The van der Waals surface area contributed by atoms with Crippen LogP contribution < -0.4 is 9.47 Å². The summed E-state index contributed by atoms with van der Waals surface area (Å²) < 4.78 is 21.9. The molecule has 0 atom stereocenters. The minimum atomic E-state index is -0.303. The van der Waals surface area contributed by atoms with Gasteiger partial charge in [-0.05, 0) is 49.9 Å². The predicted octanol–water partition coefficient (Wildman–Crippen LogP) is 3.94. The van der Waals surface area contributed by atoms with Crippen molar-refractivity contribution in [3.8, 4) is 11.5 Å². The van der Waals surface area contributed by atoms with Gasteiger partial charge in [0.2, 0.25) is 0 Å². The average molecular weight is 337 g/mol. The molecule has 0 amide bonds. The van der Waals surface area contributed by atoms with E-state index >= 15 is 0 Å². The van der Waals surface area contributed by atoms with E-state index in [9.17, 15) is 0 Å². The zero-order valence-electron chi connectivity index (χ0n) is 15.8. The summed E-state index contributed by atoms with van der Waals surface area (Å²) in [6.45, 7) is 9.97. The van der Waals surface area contributed by atoms with E-state index in [4.69, 9.17) is 23.9 Å². The first-order chi connectivity index (χ1) is 11.5. The Labute approximate surface area is 146 Å². The molecule has 0 saturated carbocycles. The minimum absolute atomic E-state index is 0.303. The molecule has 0 aliphatic carbocycles. The average Bonchev–Trinajstić information content (AvgIpc) is 2.57. The van der Waals surface area contributed by atoms with Gasteiger partial charge >= 0.3 is 0 Å². The quantitative estimate of drug-likeness (QED) is 0.453. The second-order valence-corrected chi connectivity index (χ2v) is 5.80. The molecule has 0 spiro atoms. The number of hydrogen-bond donors (Lipinski definition) is 0. The normalized spacial score (nSPS) is 12.1. The monoisotopic (exact) mass is 337 g/mol. The van der Waals surface area contributed by atoms with E-state index in [2.05, 4.69) is 13.8 Å². The SMILES string of the molecule is CCOC(C/N=C(/CC(C)C)c1ccc(OC)c(OC)c1)OCC. The summed E-state index contributed by atoms with van der Waals surface area (Å²) in [5.74, 6) is 1.92. The molecule has 0 bridgehead atoms. The largest absolute Gasteiger partial charge is 0.493 e. The van der Waals surface area contributed by atoms with Crippen molar-refractivity contribution in [3.63, 3.8) is 0 Å². The van der Waals surface area contributed by atoms with Gasteiger partial charge < -0.3 is 18.9 Å². The molecule has 1 aromatic rings. The van der Waals surface area contributed by atoms with E-state index in [1.54, 1.807) is 14.2 Å². The van der Waals surface area contributed by atoms with Crippen molar-refractivity contribution in [2.45, 2.75) is 40.4 Å². The second-order valence-electron chi connectivity index (χ2n) is 5.80. The van der Waals surface area contributed by atoms with Crippen molar-refractivity contribution in [2.24, 2.45) is 10.9 Å². The third-order valence-corrected chi connectivity index (χ3v) is 3.45. The van der Waals surface area contributed by atoms with Gasteiger partial charge in [0.05, 0.1) is 20.8 Å². The molecule has 136 valence electrons. The summed E-state index contributed by atoms with van der Waals surface area (Å²) in [6, 6.07) is 5.89. The topological polar surface area (TPSA) is 49.3 Å². The van der Waals surface area contributed by atoms with Crippen molar-refractivity contribution < 1.29 is 18.9 Å². The van der Waals surface area contributed by atoms with Gasteiger partial charge in [-0.2, -0.15) is 0 Å². The van der Waals surface area contributed by atoms with Gasteiger partial charge in [0.15, 0.2) is 17.8 Å². The van der Waals surface area contributed by atoms with Crippen LogP contribution in [0.3, 0.4) is 0 Å². The fraction of sp³-hybridized carbons (Fsp3) is 0.632. The molecule has 1 rings (SSSR count). The maximum absolute atomic E-state index is 5.58. The number of benzene rings is 1. The molecular weight excluding hydrogens is 306 g/mol. The van der Waals surface area contributed by atoms with Crippen LogP contribution in [0.2, 0.25) is 0 Å². The zero-order chi connectivity index (χ0) is 17.9. The van der Waals surface area contributed by atoms with Crippen LogP contribution in [-0.2, 0) is 9.47 Å². The number of hydrogen-bond acceptors (Lipinski definition) is 5. The Morgan fingerprint density at radius 3 is 2.12 bits per heavy atom. The van der Waals surface area contributed by atoms with Crippen molar-refractivity contribution in [2.75, 3.05) is 34.0 Å². The Balaban J connectivity index is 3.05. The molecular formula is C19H31NO4. The summed E-state index contributed by atoms with van der Waals surface area (Å²) in [7, 11) is 3.27. The van der Waals surface area contributed by atoms with Gasteiger partial charge in [0.25, 0.3) is 0 Å². The molecule has 1 aromatic carbocycles. The van der Waals surface area contributed by atoms with Crippen molar-refractivity contribution in [3.05, 3.63) is 23.8 Å². The first-order valence-corrected chi connectivity index (χ1v) is 8.54. The van der Waals surface area contributed by atoms with Gasteiger partial charge in [-0.3, -0.25) is 4.99 Å². The molecule has 0 aliphatic rings. The highest BCUT2D eigenvalue weighted by Crippen LogP contribution is 2.28. The number of rotatable bonds is 11. The highest BCUT2D eigenvalue weighted by atomic mass is 16.7. The molecule has 5 heteroatoms. The molecule has 0 aliphatic heterocycles. The van der Waals surface area contributed by atoms with Crippen LogP contribution in [0.4, 0.5) is 0 Å². The van der Waals surface area contributed by atoms with Crippen LogP contribution in [0, 0.1) is 5.92 Å². The Morgan fingerprint density at radius 2 is 1.62 bits per heavy atom. The molecule has 0 heterocycles. The van der Waals surface area contributed by atoms with Gasteiger partial charge in [-0.15, -0.1) is 0 Å². The Kier molecular flexibility index (Phi) is 9.42. The van der Waals surface area contributed by atoms with Crippen molar-refractivity contribution in [1.29, 1.82) is 0 Å². The minimum Gasteiger partial charge on any atom is -0.493 e. The van der Waals surface area contributed by atoms with E-state index in [1.807, 2.05) is 32.0 Å². The number of aliphatic imine (C=N–C) groups is 1. The van der Waals surface area contributed by atoms with Gasteiger partial charge in [-0.1, -0.05) is 13.8 Å². The lowest BCUT2D eigenvalue weighted by molar-refractivity contribution is -0.128. The number of ether oxygens (including phenoxy) is 4. The highest BCUT2D eigenvalue weighted by Gasteiger charge is 2.13. The zero-order valence-corrected chi connectivity index (χ0v) is 15.8. The van der Waals surface area contributed by atoms with E-state index in [-0.39, 0.29) is 6.29 Å². The van der Waals surface area contributed by atoms with Crippen LogP contribution in [0.1, 0.15) is 39.7 Å². The smallest absolute Gasteiger partial charge is 0.176 e. The standard InChI is InChI=1S/C19H31NO4/c1-7-23-19(24-8-2)13-20-16(11-14(3)4)15-9-10-17(21-5)18(12-15)22-6/h9-10,12,14,19H,7-8,11,13H2,1-6H3/b20-16-. The third kappa shape index (κ3) is 6.49. The maximum Gasteiger partial charge on any atom is 0.176 e. The summed E-state index contributed by atoms with van der Waals surface area (Å²) in [6.07, 6.45) is 0.572. The summed E-state index contributed by atoms with van der Waals surface area (Å²) in [4.78, 5) is 4.77. The maximum atomic E-state index is 5.58. The van der Waals surface area contributed by atoms with Gasteiger partial charge in [0.1, 0.15) is 0 Å². The molecule has 0 fully saturated rings. The first-order valence-electron chi connectivity index (χ1n) is 8.54. The third-order valence-electron chi connectivity index (χ3n) is 3.45. The molecule has 0 aromatic heterocycles. The fourth-order valence-electron chi connectivity index (χ4n) is 2.39. The summed E-state index contributed by atoms with van der Waals surface area (Å²) >= 11 is 0. The second kappa shape index (κ2) is 11.0. The Hall–Kier alpha value is -1.59. The van der Waals surface area contributed by atoms with Crippen molar-refractivity contribution in [1.82, 2.24) is 0 Å². The fourth-order valence-corrected chi connectivity index (χ4v) is 2.39. The van der Waals surface area contributed by atoms with E-state index in [0.717, 1.165) is 17.7 Å². The van der Waals surface area contributed by atoms with Crippen LogP contribution in [0.5, 0.6) is 11.5 Å². The van der Waals surface area contributed by atoms with E-state index < -0.39 is 0 Å². The van der Waals surface area contributed by atoms with Crippen LogP contribution in [-0.4, -0.2) is 46.0 Å². The Bertz CT molecular complexity index is 508. The van der Waals surface area contributed by atoms with Crippen LogP contribution in [0.15, 0.2) is 23.2 Å². The summed E-state index contributed by atoms with van der Waals surface area (Å²) in [5, 5.41) is 0. The molecule has 0 saturated heterocycles. The lowest BCUT2D eigenvalue weighted by Crippen LogP contribution is -2.22. The Morgan fingerprint density at radius 1 is 1.00 bits per heavy atom. The molecule has 24 heavy (non-hydrogen) atoms. The molecule has 0 radical (unpaired) electrons. The van der Waals surface area contributed by atoms with Gasteiger partial charge in [-0.25, -0.2) is 0 Å². The van der Waals surface area contributed by atoms with E-state index in [0.29, 0.717) is 37.2 Å². The summed E-state index contributed by atoms with van der Waals surface area (Å²) in [5.41, 5.74) is 2.06. The van der Waals surface area contributed by atoms with Crippen LogP contribution >= 0.6 is 0 Å². The highest BCUT2D eigenvalue weighted by molar-refractivity contribution is 6.01. The lowest BCUT2D eigenvalue weighted by Gasteiger charge is -2.17. The number of methoxy groups -OCH3 is 2. The lowest BCUT2D eigenvalue weighted by atomic mass is 10.00.